The maximum absolute atomic E-state index is 14.3. The van der Waals surface area contributed by atoms with E-state index in [1.807, 2.05) is 70.9 Å². The molecule has 22 heteroatoms. The van der Waals surface area contributed by atoms with Crippen LogP contribution in [0.25, 0.3) is 0 Å². The molecule has 4 heterocycles. The number of fused-ring (bicyclic) bond motifs is 8. The topological polar surface area (TPSA) is 204 Å². The van der Waals surface area contributed by atoms with Crippen molar-refractivity contribution in [1.82, 2.24) is 0 Å². The molecule has 4 aliphatic rings. The Labute approximate surface area is 508 Å². The summed E-state index contributed by atoms with van der Waals surface area (Å²) in [6.07, 6.45) is 1.42. The van der Waals surface area contributed by atoms with E-state index in [9.17, 15) is 27.4 Å². The average Bonchev–Trinajstić information content (AvgIpc) is 3.98. The number of carbonyl (C=O) groups excluding carboxylic acids is 3. The SMILES string of the molecule is CCC(=O)C(CCSSC(C)(C)CN(CCOCCOCCOC)c1cc(COc2cc3c(cc2OC)C(=O)N2c4ccccc4C[C@H]2CN3)cc(COc2cc3c(cc2OC)C(=O)N2c4ccccc4C[C@H]2[CH-]N3)c1)S(=O)(=O)O.[Y]. The van der Waals surface area contributed by atoms with E-state index in [0.717, 1.165) is 45.7 Å². The molecule has 0 fully saturated rings. The molecule has 0 saturated heterocycles. The molecule has 1 radical (unpaired) electrons. The Kier molecular flexibility index (Phi) is 21.4. The normalized spacial score (nSPS) is 16.4. The molecular formula is C59H70N5O13S3Y-. The van der Waals surface area contributed by atoms with Gasteiger partial charge in [0, 0.05) is 111 Å². The average molecular weight is 1240 g/mol. The predicted molar refractivity (Wildman–Crippen MR) is 314 cm³/mol. The Bertz CT molecular complexity index is 3010. The zero-order chi connectivity index (χ0) is 56.6. The van der Waals surface area contributed by atoms with Crippen molar-refractivity contribution in [2.45, 2.75) is 81.7 Å². The summed E-state index contributed by atoms with van der Waals surface area (Å²) in [5.41, 5.74) is 8.64. The summed E-state index contributed by atoms with van der Waals surface area (Å²) < 4.78 is 75.7. The van der Waals surface area contributed by atoms with E-state index >= 15 is 0 Å². The molecular weight excluding hydrogens is 1170 g/mol. The number of amides is 2. The molecule has 3 atom stereocenters. The van der Waals surface area contributed by atoms with Gasteiger partial charge in [0.25, 0.3) is 21.9 Å². The summed E-state index contributed by atoms with van der Waals surface area (Å²) >= 11 is 0. The Morgan fingerprint density at radius 3 is 1.99 bits per heavy atom. The van der Waals surface area contributed by atoms with Gasteiger partial charge in [-0.05, 0) is 97.8 Å². The van der Waals surface area contributed by atoms with E-state index in [1.165, 1.54) is 10.8 Å². The minimum absolute atomic E-state index is 0. The molecule has 431 valence electrons. The van der Waals surface area contributed by atoms with Gasteiger partial charge in [0.1, 0.15) is 18.5 Å². The quantitative estimate of drug-likeness (QED) is 0.0185. The number of Topliss-reactive ketones (excluding diaryl/α,β-unsaturated/α-hetero) is 1. The van der Waals surface area contributed by atoms with Gasteiger partial charge < -0.3 is 58.5 Å². The summed E-state index contributed by atoms with van der Waals surface area (Å²) in [5, 5.41) is 5.46. The number of para-hydroxylation sites is 2. The van der Waals surface area contributed by atoms with Gasteiger partial charge in [0.05, 0.1) is 70.1 Å². The van der Waals surface area contributed by atoms with Crippen LogP contribution in [0.1, 0.15) is 76.6 Å². The number of carbonyl (C=O) groups is 3. The maximum atomic E-state index is 14.3. The van der Waals surface area contributed by atoms with Crippen LogP contribution < -0.4 is 44.3 Å². The molecule has 0 spiro atoms. The van der Waals surface area contributed by atoms with Crippen molar-refractivity contribution in [2.75, 3.05) is 105 Å². The number of anilines is 5. The van der Waals surface area contributed by atoms with Crippen LogP contribution in [0, 0.1) is 6.54 Å². The number of nitrogens with one attached hydrogen (secondary N) is 2. The third kappa shape index (κ3) is 14.8. The van der Waals surface area contributed by atoms with E-state index < -0.39 is 25.9 Å². The predicted octanol–water partition coefficient (Wildman–Crippen LogP) is 9.29. The van der Waals surface area contributed by atoms with E-state index in [4.69, 9.17) is 33.2 Å². The number of hydrogen-bond donors (Lipinski definition) is 3. The van der Waals surface area contributed by atoms with Gasteiger partial charge in [0.2, 0.25) is 0 Å². The van der Waals surface area contributed by atoms with E-state index in [0.29, 0.717) is 110 Å². The molecule has 5 aromatic rings. The Balaban J connectivity index is 0.00000860. The van der Waals surface area contributed by atoms with Crippen molar-refractivity contribution in [2.24, 2.45) is 0 Å². The fraction of sp³-hybridized carbons (Fsp3) is 0.424. The molecule has 5 aromatic carbocycles. The van der Waals surface area contributed by atoms with E-state index in [2.05, 4.69) is 47.6 Å². The van der Waals surface area contributed by atoms with Crippen LogP contribution in [-0.4, -0.2) is 132 Å². The minimum atomic E-state index is -4.55. The number of benzene rings is 5. The van der Waals surface area contributed by atoms with Crippen molar-refractivity contribution < 1.29 is 93.2 Å². The third-order valence-corrected chi connectivity index (χ3v) is 19.0. The first-order chi connectivity index (χ1) is 38.6. The second-order valence-electron chi connectivity index (χ2n) is 20.5. The van der Waals surface area contributed by atoms with Crippen molar-refractivity contribution in [3.05, 3.63) is 131 Å². The van der Waals surface area contributed by atoms with Gasteiger partial charge in [0.15, 0.2) is 28.8 Å². The van der Waals surface area contributed by atoms with E-state index in [1.54, 1.807) is 57.2 Å². The molecule has 2 amide bonds. The van der Waals surface area contributed by atoms with Crippen molar-refractivity contribution >= 4 is 77.7 Å². The minimum Gasteiger partial charge on any atom is -0.533 e. The molecule has 0 aromatic heterocycles. The number of rotatable bonds is 28. The van der Waals surface area contributed by atoms with Crippen LogP contribution in [0.5, 0.6) is 23.0 Å². The molecule has 4 aliphatic heterocycles. The summed E-state index contributed by atoms with van der Waals surface area (Å²) in [5.74, 6) is 1.19. The number of nitrogens with zero attached hydrogens (tertiary/aromatic N) is 3. The van der Waals surface area contributed by atoms with Gasteiger partial charge in [-0.1, -0.05) is 71.0 Å². The van der Waals surface area contributed by atoms with Crippen LogP contribution >= 0.6 is 21.6 Å². The smallest absolute Gasteiger partial charge is 0.275 e. The Hall–Kier alpha value is -5.10. The summed E-state index contributed by atoms with van der Waals surface area (Å²) in [6, 6.07) is 28.9. The molecule has 3 N–H and O–H groups in total. The standard InChI is InChI=1S/C59H70N5O13S3.Y/c1-7-51(65)56(80(68,69)70)16-23-78-79-59(2,3)37-62(17-18-74-21-22-75-20-19-71-4)42-25-38(35-76-54-31-47-45(29-52(54)72-5)57(66)63-43(33-60-47)27-40-12-8-10-14-49(40)63)24-39(26-42)36-77-55-32-48-46(30-53(55)73-6)58(67)64-44(34-61-48)28-41-13-9-11-15-50(41)64;/h8-15,24-26,29-33,43-44,56,60-61H,7,16-23,27-28,34-37H2,1-6H3,(H,68,69,70);/q-1;/t43-,44-,56?;/m0./s1. The molecule has 0 bridgehead atoms. The van der Waals surface area contributed by atoms with Crippen LogP contribution in [0.4, 0.5) is 28.4 Å². The van der Waals surface area contributed by atoms with Crippen LogP contribution in [0.15, 0.2) is 91.0 Å². The third-order valence-electron chi connectivity index (χ3n) is 14.4. The largest absolute Gasteiger partial charge is 0.533 e. The zero-order valence-corrected chi connectivity index (χ0v) is 51.9. The monoisotopic (exact) mass is 1240 g/mol. The van der Waals surface area contributed by atoms with Crippen LogP contribution in [0.2, 0.25) is 0 Å². The first-order valence-electron chi connectivity index (χ1n) is 26.8. The first-order valence-corrected chi connectivity index (χ1v) is 30.6. The second-order valence-corrected chi connectivity index (χ2v) is 25.2. The van der Waals surface area contributed by atoms with Crippen molar-refractivity contribution in [3.63, 3.8) is 0 Å². The van der Waals surface area contributed by atoms with E-state index in [-0.39, 0.29) is 82.7 Å². The van der Waals surface area contributed by atoms with Crippen molar-refractivity contribution in [1.29, 1.82) is 0 Å². The maximum Gasteiger partial charge on any atom is 0.275 e. The molecule has 1 unspecified atom stereocenters. The van der Waals surface area contributed by atoms with Crippen LogP contribution in [-0.2, 0) is 87.9 Å². The van der Waals surface area contributed by atoms with Gasteiger partial charge in [-0.25, -0.2) is 6.54 Å². The number of methoxy groups -OCH3 is 3. The fourth-order valence-electron chi connectivity index (χ4n) is 10.6. The number of ether oxygens (including phenoxy) is 7. The molecule has 0 aliphatic carbocycles. The molecule has 18 nitrogen and oxygen atoms in total. The van der Waals surface area contributed by atoms with Gasteiger partial charge in [-0.3, -0.25) is 18.9 Å². The molecule has 9 rings (SSSR count). The summed E-state index contributed by atoms with van der Waals surface area (Å²) in [7, 11) is 3.17. The summed E-state index contributed by atoms with van der Waals surface area (Å²) in [4.78, 5) is 46.9. The second kappa shape index (κ2) is 28.0. The van der Waals surface area contributed by atoms with Gasteiger partial charge >= 0.3 is 0 Å². The van der Waals surface area contributed by atoms with Crippen LogP contribution in [0.3, 0.4) is 0 Å². The Morgan fingerprint density at radius 2 is 1.36 bits per heavy atom. The number of hydrogen-bond acceptors (Lipinski definition) is 17. The summed E-state index contributed by atoms with van der Waals surface area (Å²) in [6.45, 7) is 11.4. The molecule has 0 saturated carbocycles. The fourth-order valence-corrected chi connectivity index (χ4v) is 14.2. The van der Waals surface area contributed by atoms with Gasteiger partial charge in [-0.2, -0.15) is 8.42 Å². The van der Waals surface area contributed by atoms with Gasteiger partial charge in [-0.15, -0.1) is 0 Å². The number of ketones is 1. The zero-order valence-electron chi connectivity index (χ0n) is 46.6. The first kappa shape index (κ1) is 62.0. The molecule has 81 heavy (non-hydrogen) atoms. The van der Waals surface area contributed by atoms with Crippen molar-refractivity contribution in [3.8, 4) is 23.0 Å². The Morgan fingerprint density at radius 1 is 0.778 bits per heavy atom.